The number of aromatic nitrogens is 1. The first-order valence-electron chi connectivity index (χ1n) is 5.02. The normalized spacial score (nSPS) is 9.94. The summed E-state index contributed by atoms with van der Waals surface area (Å²) >= 11 is 0. The van der Waals surface area contributed by atoms with Gasteiger partial charge in [-0.1, -0.05) is 12.1 Å². The van der Waals surface area contributed by atoms with E-state index in [-0.39, 0.29) is 5.56 Å². The van der Waals surface area contributed by atoms with Gasteiger partial charge in [-0.15, -0.1) is 0 Å². The molecular formula is C13H9FN2O. The maximum atomic E-state index is 13.1. The van der Waals surface area contributed by atoms with Crippen LogP contribution in [0.4, 0.5) is 4.39 Å². The highest BCUT2D eigenvalue weighted by atomic mass is 19.1. The molecule has 0 unspecified atom stereocenters. The van der Waals surface area contributed by atoms with Crippen molar-refractivity contribution in [1.29, 1.82) is 5.26 Å². The van der Waals surface area contributed by atoms with Gasteiger partial charge in [0.05, 0.1) is 0 Å². The molecule has 1 heterocycles. The third-order valence-electron chi connectivity index (χ3n) is 2.42. The number of H-pyrrole nitrogens is 1. The van der Waals surface area contributed by atoms with Crippen LogP contribution in [0, 0.1) is 24.1 Å². The third kappa shape index (κ3) is 2.08. The minimum Gasteiger partial charge on any atom is -0.325 e. The lowest BCUT2D eigenvalue weighted by Gasteiger charge is -2.05. The first kappa shape index (κ1) is 11.1. The number of halogens is 1. The Balaban J connectivity index is 2.76. The molecule has 0 aliphatic carbocycles. The molecule has 0 aliphatic rings. The predicted octanol–water partition coefficient (Wildman–Crippen LogP) is 2.36. The van der Waals surface area contributed by atoms with Gasteiger partial charge >= 0.3 is 0 Å². The van der Waals surface area contributed by atoms with Crippen molar-refractivity contribution in [1.82, 2.24) is 4.98 Å². The van der Waals surface area contributed by atoms with Crippen LogP contribution in [0.1, 0.15) is 11.3 Å². The molecule has 2 rings (SSSR count). The highest BCUT2D eigenvalue weighted by Crippen LogP contribution is 2.22. The van der Waals surface area contributed by atoms with Crippen LogP contribution in [0.3, 0.4) is 0 Å². The van der Waals surface area contributed by atoms with Crippen molar-refractivity contribution in [2.45, 2.75) is 6.92 Å². The molecule has 84 valence electrons. The highest BCUT2D eigenvalue weighted by molar-refractivity contribution is 5.70. The van der Waals surface area contributed by atoms with Crippen LogP contribution in [0.2, 0.25) is 0 Å². The lowest BCUT2D eigenvalue weighted by molar-refractivity contribution is 0.628. The number of pyridine rings is 1. The Kier molecular flexibility index (Phi) is 2.75. The zero-order valence-corrected chi connectivity index (χ0v) is 9.12. The molecule has 17 heavy (non-hydrogen) atoms. The van der Waals surface area contributed by atoms with Gasteiger partial charge in [0.25, 0.3) is 5.56 Å². The van der Waals surface area contributed by atoms with Crippen LogP contribution in [-0.4, -0.2) is 4.98 Å². The number of nitrogens with one attached hydrogen (secondary N) is 1. The standard InChI is InChI=1S/C13H9FN2O/c1-8-5-11(12(7-15)13(17)16-8)9-3-2-4-10(14)6-9/h2-6H,1H3,(H,16,17). The van der Waals surface area contributed by atoms with Crippen LogP contribution >= 0.6 is 0 Å². The van der Waals surface area contributed by atoms with Crippen LogP contribution in [-0.2, 0) is 0 Å². The molecule has 1 N–H and O–H groups in total. The first-order valence-corrected chi connectivity index (χ1v) is 5.02. The van der Waals surface area contributed by atoms with E-state index in [2.05, 4.69) is 4.98 Å². The van der Waals surface area contributed by atoms with Crippen molar-refractivity contribution in [3.63, 3.8) is 0 Å². The Hall–Kier alpha value is -2.41. The van der Waals surface area contributed by atoms with Crippen LogP contribution in [0.25, 0.3) is 11.1 Å². The number of hydrogen-bond donors (Lipinski definition) is 1. The summed E-state index contributed by atoms with van der Waals surface area (Å²) in [4.78, 5) is 14.1. The molecule has 0 saturated carbocycles. The molecule has 1 aromatic carbocycles. The SMILES string of the molecule is Cc1cc(-c2cccc(F)c2)c(C#N)c(=O)[nH]1. The fourth-order valence-electron chi connectivity index (χ4n) is 1.68. The maximum Gasteiger partial charge on any atom is 0.266 e. The lowest BCUT2D eigenvalue weighted by Crippen LogP contribution is -2.12. The zero-order valence-electron chi connectivity index (χ0n) is 9.12. The molecule has 0 spiro atoms. The number of rotatable bonds is 1. The average molecular weight is 228 g/mol. The Morgan fingerprint density at radius 1 is 1.35 bits per heavy atom. The summed E-state index contributed by atoms with van der Waals surface area (Å²) < 4.78 is 13.1. The smallest absolute Gasteiger partial charge is 0.266 e. The largest absolute Gasteiger partial charge is 0.325 e. The topological polar surface area (TPSA) is 56.6 Å². The molecule has 3 nitrogen and oxygen atoms in total. The summed E-state index contributed by atoms with van der Waals surface area (Å²) in [6.07, 6.45) is 0. The molecule has 2 aromatic rings. The summed E-state index contributed by atoms with van der Waals surface area (Å²) in [5.41, 5.74) is 1.16. The second-order valence-electron chi connectivity index (χ2n) is 3.69. The number of aromatic amines is 1. The van der Waals surface area contributed by atoms with E-state index in [1.165, 1.54) is 12.1 Å². The average Bonchev–Trinajstić information content (AvgIpc) is 2.28. The van der Waals surface area contributed by atoms with E-state index in [0.717, 1.165) is 0 Å². The van der Waals surface area contributed by atoms with Gasteiger partial charge in [0.2, 0.25) is 0 Å². The van der Waals surface area contributed by atoms with E-state index in [1.54, 1.807) is 25.1 Å². The van der Waals surface area contributed by atoms with Crippen molar-refractivity contribution in [2.24, 2.45) is 0 Å². The van der Waals surface area contributed by atoms with Gasteiger partial charge < -0.3 is 4.98 Å². The Labute approximate surface area is 97.2 Å². The zero-order chi connectivity index (χ0) is 12.4. The van der Waals surface area contributed by atoms with E-state index >= 15 is 0 Å². The van der Waals surface area contributed by atoms with Crippen molar-refractivity contribution in [3.8, 4) is 17.2 Å². The van der Waals surface area contributed by atoms with E-state index in [9.17, 15) is 9.18 Å². The quantitative estimate of drug-likeness (QED) is 0.814. The van der Waals surface area contributed by atoms with Crippen molar-refractivity contribution in [2.75, 3.05) is 0 Å². The van der Waals surface area contributed by atoms with Crippen molar-refractivity contribution < 1.29 is 4.39 Å². The molecule has 1 aromatic heterocycles. The molecule has 0 saturated heterocycles. The minimum atomic E-state index is -0.452. The predicted molar refractivity (Wildman–Crippen MR) is 61.9 cm³/mol. The minimum absolute atomic E-state index is 0.00111. The van der Waals surface area contributed by atoms with Gasteiger partial charge in [0.15, 0.2) is 0 Å². The Morgan fingerprint density at radius 3 is 2.76 bits per heavy atom. The van der Waals surface area contributed by atoms with E-state index in [0.29, 0.717) is 16.8 Å². The summed E-state index contributed by atoms with van der Waals surface area (Å²) in [7, 11) is 0. The monoisotopic (exact) mass is 228 g/mol. The number of hydrogen-bond acceptors (Lipinski definition) is 2. The molecule has 0 amide bonds. The van der Waals surface area contributed by atoms with Gasteiger partial charge in [-0.3, -0.25) is 4.79 Å². The molecule has 0 bridgehead atoms. The fraction of sp³-hybridized carbons (Fsp3) is 0.0769. The van der Waals surface area contributed by atoms with Gasteiger partial charge in [0, 0.05) is 11.3 Å². The first-order chi connectivity index (χ1) is 8.11. The number of nitrogens with zero attached hydrogens (tertiary/aromatic N) is 1. The summed E-state index contributed by atoms with van der Waals surface area (Å²) in [6, 6.07) is 9.33. The fourth-order valence-corrected chi connectivity index (χ4v) is 1.68. The Bertz CT molecular complexity index is 668. The van der Waals surface area contributed by atoms with E-state index in [4.69, 9.17) is 5.26 Å². The molecule has 4 heteroatoms. The molecule has 0 fully saturated rings. The molecule has 0 atom stereocenters. The molecular weight excluding hydrogens is 219 g/mol. The second-order valence-corrected chi connectivity index (χ2v) is 3.69. The lowest BCUT2D eigenvalue weighted by atomic mass is 10.0. The van der Waals surface area contributed by atoms with Gasteiger partial charge in [-0.05, 0) is 30.7 Å². The number of nitriles is 1. The molecule has 0 aliphatic heterocycles. The van der Waals surface area contributed by atoms with Gasteiger partial charge in [0.1, 0.15) is 17.4 Å². The molecule has 0 radical (unpaired) electrons. The summed E-state index contributed by atoms with van der Waals surface area (Å²) in [6.45, 7) is 1.71. The summed E-state index contributed by atoms with van der Waals surface area (Å²) in [5.74, 6) is -0.399. The highest BCUT2D eigenvalue weighted by Gasteiger charge is 2.10. The van der Waals surface area contributed by atoms with Gasteiger partial charge in [-0.25, -0.2) is 4.39 Å². The Morgan fingerprint density at radius 2 is 2.12 bits per heavy atom. The van der Waals surface area contributed by atoms with Crippen LogP contribution in [0.15, 0.2) is 35.1 Å². The van der Waals surface area contributed by atoms with Crippen molar-refractivity contribution in [3.05, 3.63) is 57.8 Å². The maximum absolute atomic E-state index is 13.1. The van der Waals surface area contributed by atoms with Crippen molar-refractivity contribution >= 4 is 0 Å². The van der Waals surface area contributed by atoms with Crippen LogP contribution in [0.5, 0.6) is 0 Å². The third-order valence-corrected chi connectivity index (χ3v) is 2.42. The van der Waals surface area contributed by atoms with E-state index in [1.807, 2.05) is 6.07 Å². The summed E-state index contributed by atoms with van der Waals surface area (Å²) in [5, 5.41) is 8.96. The number of aryl methyl sites for hydroxylation is 1. The van der Waals surface area contributed by atoms with E-state index < -0.39 is 11.4 Å². The number of benzene rings is 1. The second kappa shape index (κ2) is 4.22. The van der Waals surface area contributed by atoms with Crippen LogP contribution < -0.4 is 5.56 Å². The van der Waals surface area contributed by atoms with Gasteiger partial charge in [-0.2, -0.15) is 5.26 Å².